The maximum absolute atomic E-state index is 12.2. The van der Waals surface area contributed by atoms with Gasteiger partial charge in [0.1, 0.15) is 5.76 Å². The number of carboxylic acid groups (broad SMARTS) is 1. The number of carboxylic acids is 1. The molecule has 1 aromatic rings. The van der Waals surface area contributed by atoms with Gasteiger partial charge < -0.3 is 14.4 Å². The van der Waals surface area contributed by atoms with E-state index in [1.807, 2.05) is 13.8 Å². The van der Waals surface area contributed by atoms with E-state index in [0.29, 0.717) is 5.76 Å². The summed E-state index contributed by atoms with van der Waals surface area (Å²) >= 11 is 0. The fourth-order valence-corrected chi connectivity index (χ4v) is 1.72. The molecule has 1 aromatic heterocycles. The highest BCUT2D eigenvalue weighted by atomic mass is 16.4. The average Bonchev–Trinajstić information content (AvgIpc) is 2.94. The first kappa shape index (κ1) is 16.0. The second kappa shape index (κ2) is 7.53. The Morgan fingerprint density at radius 2 is 2.15 bits per heavy atom. The molecule has 2 unspecified atom stereocenters. The predicted octanol–water partition coefficient (Wildman–Crippen LogP) is 2.64. The topological polar surface area (TPSA) is 70.8 Å². The number of nitrogens with zero attached hydrogens (tertiary/aromatic N) is 1. The van der Waals surface area contributed by atoms with Crippen LogP contribution in [-0.2, 0) is 9.59 Å². The molecule has 1 amide bonds. The smallest absolute Gasteiger partial charge is 0.308 e. The van der Waals surface area contributed by atoms with E-state index < -0.39 is 11.9 Å². The monoisotopic (exact) mass is 279 g/mol. The Kier molecular flexibility index (Phi) is 6.03. The average molecular weight is 279 g/mol. The van der Waals surface area contributed by atoms with Crippen molar-refractivity contribution in [1.82, 2.24) is 4.90 Å². The third-order valence-electron chi connectivity index (χ3n) is 3.23. The minimum absolute atomic E-state index is 0.00875. The fraction of sp³-hybridized carbons (Fsp3) is 0.467. The maximum Gasteiger partial charge on any atom is 0.308 e. The van der Waals surface area contributed by atoms with E-state index in [1.54, 1.807) is 30.0 Å². The molecule has 0 aromatic carbocycles. The van der Waals surface area contributed by atoms with Gasteiger partial charge in [-0.3, -0.25) is 9.59 Å². The molecule has 0 spiro atoms. The van der Waals surface area contributed by atoms with Gasteiger partial charge in [-0.25, -0.2) is 0 Å². The molecular formula is C15H21NO4. The van der Waals surface area contributed by atoms with Gasteiger partial charge in [0.15, 0.2) is 0 Å². The molecule has 0 aliphatic carbocycles. The summed E-state index contributed by atoms with van der Waals surface area (Å²) in [5, 5.41) is 8.98. The number of aliphatic carboxylic acids is 1. The molecule has 0 saturated heterocycles. The molecule has 1 rings (SSSR count). The summed E-state index contributed by atoms with van der Waals surface area (Å²) in [5.74, 6) is -1.11. The van der Waals surface area contributed by atoms with Crippen LogP contribution in [-0.4, -0.2) is 34.5 Å². The third kappa shape index (κ3) is 4.57. The largest absolute Gasteiger partial charge is 0.481 e. The molecular weight excluding hydrogens is 258 g/mol. The number of hydrogen-bond donors (Lipinski definition) is 1. The first-order valence-electron chi connectivity index (χ1n) is 6.70. The fourth-order valence-electron chi connectivity index (χ4n) is 1.72. The van der Waals surface area contributed by atoms with Gasteiger partial charge in [0.2, 0.25) is 5.91 Å². The predicted molar refractivity (Wildman–Crippen MR) is 76.0 cm³/mol. The lowest BCUT2D eigenvalue weighted by molar-refractivity contribution is -0.143. The Hall–Kier alpha value is -2.04. The zero-order valence-corrected chi connectivity index (χ0v) is 12.1. The van der Waals surface area contributed by atoms with E-state index in [2.05, 4.69) is 0 Å². The highest BCUT2D eigenvalue weighted by Crippen LogP contribution is 2.11. The van der Waals surface area contributed by atoms with Crippen LogP contribution < -0.4 is 0 Å². The van der Waals surface area contributed by atoms with Gasteiger partial charge in [-0.2, -0.15) is 0 Å². The Balaban J connectivity index is 2.76. The van der Waals surface area contributed by atoms with Crippen molar-refractivity contribution in [3.05, 3.63) is 30.2 Å². The number of rotatable bonds is 7. The van der Waals surface area contributed by atoms with Crippen molar-refractivity contribution in [2.75, 3.05) is 6.54 Å². The number of hydrogen-bond acceptors (Lipinski definition) is 3. The second-order valence-electron chi connectivity index (χ2n) is 4.84. The minimum atomic E-state index is -0.902. The first-order chi connectivity index (χ1) is 9.45. The zero-order valence-electron chi connectivity index (χ0n) is 12.1. The summed E-state index contributed by atoms with van der Waals surface area (Å²) in [7, 11) is 0. The van der Waals surface area contributed by atoms with Crippen molar-refractivity contribution in [3.8, 4) is 0 Å². The van der Waals surface area contributed by atoms with Crippen molar-refractivity contribution < 1.29 is 19.1 Å². The zero-order chi connectivity index (χ0) is 15.1. The van der Waals surface area contributed by atoms with Crippen molar-refractivity contribution in [3.63, 3.8) is 0 Å². The molecule has 0 radical (unpaired) electrons. The lowest BCUT2D eigenvalue weighted by atomic mass is 10.1. The molecule has 110 valence electrons. The number of carbonyl (C=O) groups excluding carboxylic acids is 1. The summed E-state index contributed by atoms with van der Waals surface area (Å²) in [6, 6.07) is 3.48. The molecule has 0 aliphatic rings. The standard InChI is InChI=1S/C15H21NO4/c1-4-12(3)16(10-11(2)15(18)19)14(17)8-7-13-6-5-9-20-13/h5-9,11-12H,4,10H2,1-3H3,(H,18,19)/b8-7+. The van der Waals surface area contributed by atoms with Crippen LogP contribution in [0.2, 0.25) is 0 Å². The van der Waals surface area contributed by atoms with Crippen molar-refractivity contribution >= 4 is 18.0 Å². The van der Waals surface area contributed by atoms with Crippen LogP contribution in [0.3, 0.4) is 0 Å². The highest BCUT2D eigenvalue weighted by Gasteiger charge is 2.22. The summed E-state index contributed by atoms with van der Waals surface area (Å²) in [6.07, 6.45) is 5.30. The van der Waals surface area contributed by atoms with E-state index in [-0.39, 0.29) is 18.5 Å². The van der Waals surface area contributed by atoms with Crippen LogP contribution >= 0.6 is 0 Å². The van der Waals surface area contributed by atoms with E-state index >= 15 is 0 Å². The Labute approximate surface area is 118 Å². The third-order valence-corrected chi connectivity index (χ3v) is 3.23. The molecule has 0 bridgehead atoms. The van der Waals surface area contributed by atoms with Crippen LogP contribution in [0.4, 0.5) is 0 Å². The lowest BCUT2D eigenvalue weighted by Crippen LogP contribution is -2.41. The van der Waals surface area contributed by atoms with E-state index in [1.165, 1.54) is 12.3 Å². The molecule has 0 aliphatic heterocycles. The number of furan rings is 1. The van der Waals surface area contributed by atoms with E-state index in [9.17, 15) is 9.59 Å². The van der Waals surface area contributed by atoms with Gasteiger partial charge in [0.25, 0.3) is 0 Å². The highest BCUT2D eigenvalue weighted by molar-refractivity contribution is 5.91. The Morgan fingerprint density at radius 1 is 1.45 bits per heavy atom. The Morgan fingerprint density at radius 3 is 2.65 bits per heavy atom. The van der Waals surface area contributed by atoms with Crippen molar-refractivity contribution in [2.24, 2.45) is 5.92 Å². The van der Waals surface area contributed by atoms with Crippen LogP contribution in [0.25, 0.3) is 6.08 Å². The molecule has 1 N–H and O–H groups in total. The molecule has 20 heavy (non-hydrogen) atoms. The number of amides is 1. The molecule has 0 fully saturated rings. The summed E-state index contributed by atoms with van der Waals surface area (Å²) in [6.45, 7) is 5.67. The SMILES string of the molecule is CCC(C)N(CC(C)C(=O)O)C(=O)/C=C/c1ccco1. The minimum Gasteiger partial charge on any atom is -0.481 e. The first-order valence-corrected chi connectivity index (χ1v) is 6.70. The molecule has 1 heterocycles. The Bertz CT molecular complexity index is 464. The van der Waals surface area contributed by atoms with Crippen LogP contribution in [0.1, 0.15) is 33.0 Å². The summed E-state index contributed by atoms with van der Waals surface area (Å²) in [4.78, 5) is 24.7. The van der Waals surface area contributed by atoms with Crippen LogP contribution in [0, 0.1) is 5.92 Å². The summed E-state index contributed by atoms with van der Waals surface area (Å²) in [5.41, 5.74) is 0. The molecule has 5 heteroatoms. The normalized spacial score (nSPS) is 14.2. The van der Waals surface area contributed by atoms with E-state index in [4.69, 9.17) is 9.52 Å². The van der Waals surface area contributed by atoms with Crippen molar-refractivity contribution in [2.45, 2.75) is 33.2 Å². The van der Waals surface area contributed by atoms with Gasteiger partial charge in [0.05, 0.1) is 12.2 Å². The number of carbonyl (C=O) groups is 2. The van der Waals surface area contributed by atoms with Gasteiger partial charge in [0, 0.05) is 18.7 Å². The second-order valence-corrected chi connectivity index (χ2v) is 4.84. The summed E-state index contributed by atoms with van der Waals surface area (Å²) < 4.78 is 5.12. The van der Waals surface area contributed by atoms with E-state index in [0.717, 1.165) is 6.42 Å². The maximum atomic E-state index is 12.2. The molecule has 5 nitrogen and oxygen atoms in total. The van der Waals surface area contributed by atoms with Gasteiger partial charge in [-0.15, -0.1) is 0 Å². The van der Waals surface area contributed by atoms with Crippen molar-refractivity contribution in [1.29, 1.82) is 0 Å². The van der Waals surface area contributed by atoms with Crippen LogP contribution in [0.15, 0.2) is 28.9 Å². The quantitative estimate of drug-likeness (QED) is 0.779. The van der Waals surface area contributed by atoms with Gasteiger partial charge in [-0.1, -0.05) is 13.8 Å². The van der Waals surface area contributed by atoms with Gasteiger partial charge in [-0.05, 0) is 31.6 Å². The van der Waals surface area contributed by atoms with Crippen LogP contribution in [0.5, 0.6) is 0 Å². The lowest BCUT2D eigenvalue weighted by Gasteiger charge is -2.29. The van der Waals surface area contributed by atoms with Gasteiger partial charge >= 0.3 is 5.97 Å². The molecule has 0 saturated carbocycles. The molecule has 2 atom stereocenters.